The first-order chi connectivity index (χ1) is 10.0. The largest absolute Gasteiger partial charge is 0.381 e. The van der Waals surface area contributed by atoms with Crippen LogP contribution >= 0.6 is 0 Å². The molecular weight excluding hydrogens is 288 g/mol. The van der Waals surface area contributed by atoms with E-state index in [1.165, 1.54) is 0 Å². The summed E-state index contributed by atoms with van der Waals surface area (Å²) in [5, 5.41) is 3.08. The summed E-state index contributed by atoms with van der Waals surface area (Å²) >= 11 is 0. The highest BCUT2D eigenvalue weighted by Gasteiger charge is 2.26. The fourth-order valence-electron chi connectivity index (χ4n) is 2.46. The van der Waals surface area contributed by atoms with Gasteiger partial charge in [-0.1, -0.05) is 12.1 Å². The lowest BCUT2D eigenvalue weighted by Crippen LogP contribution is -2.38. The van der Waals surface area contributed by atoms with Crippen molar-refractivity contribution >= 4 is 10.0 Å². The molecule has 2 unspecified atom stereocenters. The van der Waals surface area contributed by atoms with Crippen LogP contribution in [0.1, 0.15) is 18.9 Å². The molecule has 1 heterocycles. The Bertz CT molecular complexity index is 537. The van der Waals surface area contributed by atoms with Gasteiger partial charge in [-0.15, -0.1) is 0 Å². The summed E-state index contributed by atoms with van der Waals surface area (Å²) < 4.78 is 32.8. The van der Waals surface area contributed by atoms with E-state index in [0.717, 1.165) is 31.6 Å². The highest BCUT2D eigenvalue weighted by molar-refractivity contribution is 7.89. The highest BCUT2D eigenvalue weighted by atomic mass is 32.2. The van der Waals surface area contributed by atoms with Crippen molar-refractivity contribution in [3.8, 4) is 0 Å². The van der Waals surface area contributed by atoms with Crippen molar-refractivity contribution < 1.29 is 13.2 Å². The van der Waals surface area contributed by atoms with Crippen LogP contribution in [0.25, 0.3) is 0 Å². The molecule has 2 rings (SSSR count). The van der Waals surface area contributed by atoms with Gasteiger partial charge in [0.25, 0.3) is 0 Å². The number of rotatable bonds is 7. The van der Waals surface area contributed by atoms with Crippen LogP contribution in [0.3, 0.4) is 0 Å². The molecule has 0 aliphatic carbocycles. The van der Waals surface area contributed by atoms with E-state index in [0.29, 0.717) is 11.5 Å². The molecule has 1 saturated heterocycles. The lowest BCUT2D eigenvalue weighted by atomic mass is 10.0. The SMILES string of the molecule is CNCCc1ccc(S(=O)(=O)NC(C)C2CCOC2)cc1. The van der Waals surface area contributed by atoms with Gasteiger partial charge in [-0.3, -0.25) is 0 Å². The molecule has 21 heavy (non-hydrogen) atoms. The van der Waals surface area contributed by atoms with Crippen LogP contribution in [0.2, 0.25) is 0 Å². The zero-order chi connectivity index (χ0) is 15.3. The molecule has 5 nitrogen and oxygen atoms in total. The second kappa shape index (κ2) is 7.35. The first-order valence-electron chi connectivity index (χ1n) is 7.36. The van der Waals surface area contributed by atoms with Crippen LogP contribution in [0, 0.1) is 5.92 Å². The fourth-order valence-corrected chi connectivity index (χ4v) is 3.77. The molecule has 118 valence electrons. The van der Waals surface area contributed by atoms with Crippen LogP contribution in [0.15, 0.2) is 29.2 Å². The number of sulfonamides is 1. The minimum atomic E-state index is -3.46. The molecule has 2 N–H and O–H groups in total. The predicted molar refractivity (Wildman–Crippen MR) is 82.8 cm³/mol. The van der Waals surface area contributed by atoms with E-state index in [4.69, 9.17) is 4.74 Å². The van der Waals surface area contributed by atoms with Gasteiger partial charge in [0.05, 0.1) is 11.5 Å². The third-order valence-corrected chi connectivity index (χ3v) is 5.49. The number of benzene rings is 1. The van der Waals surface area contributed by atoms with Gasteiger partial charge < -0.3 is 10.1 Å². The lowest BCUT2D eigenvalue weighted by molar-refractivity contribution is 0.180. The molecule has 0 bridgehead atoms. The van der Waals surface area contributed by atoms with Gasteiger partial charge in [0.2, 0.25) is 10.0 Å². The molecule has 0 saturated carbocycles. The first-order valence-corrected chi connectivity index (χ1v) is 8.85. The Balaban J connectivity index is 2.01. The zero-order valence-electron chi connectivity index (χ0n) is 12.6. The summed E-state index contributed by atoms with van der Waals surface area (Å²) in [6, 6.07) is 6.97. The molecule has 6 heteroatoms. The third kappa shape index (κ3) is 4.51. The minimum absolute atomic E-state index is 0.110. The molecule has 0 amide bonds. The molecular formula is C15H24N2O3S. The van der Waals surface area contributed by atoms with E-state index in [2.05, 4.69) is 10.0 Å². The van der Waals surface area contributed by atoms with Crippen molar-refractivity contribution in [3.05, 3.63) is 29.8 Å². The quantitative estimate of drug-likeness (QED) is 0.792. The normalized spacial score (nSPS) is 20.6. The maximum absolute atomic E-state index is 12.4. The second-order valence-electron chi connectivity index (χ2n) is 5.53. The zero-order valence-corrected chi connectivity index (χ0v) is 13.4. The van der Waals surface area contributed by atoms with Crippen LogP contribution in [-0.4, -0.2) is 41.3 Å². The van der Waals surface area contributed by atoms with E-state index in [-0.39, 0.29) is 12.0 Å². The molecule has 1 aromatic rings. The molecule has 0 spiro atoms. The van der Waals surface area contributed by atoms with Crippen LogP contribution in [0.4, 0.5) is 0 Å². The monoisotopic (exact) mass is 312 g/mol. The lowest BCUT2D eigenvalue weighted by Gasteiger charge is -2.19. The van der Waals surface area contributed by atoms with Gasteiger partial charge in [0.15, 0.2) is 0 Å². The van der Waals surface area contributed by atoms with E-state index >= 15 is 0 Å². The summed E-state index contributed by atoms with van der Waals surface area (Å²) in [6.07, 6.45) is 1.80. The second-order valence-corrected chi connectivity index (χ2v) is 7.25. The number of nitrogens with one attached hydrogen (secondary N) is 2. The fraction of sp³-hybridized carbons (Fsp3) is 0.600. The Morgan fingerprint density at radius 2 is 2.05 bits per heavy atom. The average Bonchev–Trinajstić information content (AvgIpc) is 2.99. The molecule has 2 atom stereocenters. The topological polar surface area (TPSA) is 67.4 Å². The van der Waals surface area contributed by atoms with Crippen molar-refractivity contribution in [1.82, 2.24) is 10.0 Å². The van der Waals surface area contributed by atoms with Crippen molar-refractivity contribution in [2.24, 2.45) is 5.92 Å². The Morgan fingerprint density at radius 1 is 1.33 bits per heavy atom. The van der Waals surface area contributed by atoms with E-state index in [9.17, 15) is 8.42 Å². The van der Waals surface area contributed by atoms with E-state index in [1.807, 2.05) is 26.1 Å². The van der Waals surface area contributed by atoms with Crippen molar-refractivity contribution in [3.63, 3.8) is 0 Å². The van der Waals surface area contributed by atoms with E-state index < -0.39 is 10.0 Å². The van der Waals surface area contributed by atoms with Crippen LogP contribution in [0.5, 0.6) is 0 Å². The summed E-state index contributed by atoms with van der Waals surface area (Å²) in [4.78, 5) is 0.321. The van der Waals surface area contributed by atoms with Gasteiger partial charge in [-0.2, -0.15) is 0 Å². The molecule has 1 aromatic carbocycles. The van der Waals surface area contributed by atoms with Gasteiger partial charge in [0, 0.05) is 18.6 Å². The number of hydrogen-bond acceptors (Lipinski definition) is 4. The van der Waals surface area contributed by atoms with Crippen molar-refractivity contribution in [1.29, 1.82) is 0 Å². The van der Waals surface area contributed by atoms with Crippen molar-refractivity contribution in [2.45, 2.75) is 30.7 Å². The number of ether oxygens (including phenoxy) is 1. The Hall–Kier alpha value is -0.950. The van der Waals surface area contributed by atoms with Gasteiger partial charge in [0.1, 0.15) is 0 Å². The molecule has 0 aromatic heterocycles. The van der Waals surface area contributed by atoms with Gasteiger partial charge in [-0.05, 0) is 51.1 Å². The Labute approximate surface area is 127 Å². The van der Waals surface area contributed by atoms with Crippen LogP contribution < -0.4 is 10.0 Å². The van der Waals surface area contributed by atoms with Gasteiger partial charge >= 0.3 is 0 Å². The summed E-state index contributed by atoms with van der Waals surface area (Å²) in [5.41, 5.74) is 1.13. The molecule has 0 radical (unpaired) electrons. The number of hydrogen-bond donors (Lipinski definition) is 2. The Kier molecular flexibility index (Phi) is 5.75. The average molecular weight is 312 g/mol. The molecule has 1 aliphatic rings. The highest BCUT2D eigenvalue weighted by Crippen LogP contribution is 2.19. The molecule has 1 aliphatic heterocycles. The summed E-state index contributed by atoms with van der Waals surface area (Å²) in [5.74, 6) is 0.259. The summed E-state index contributed by atoms with van der Waals surface area (Å²) in [6.45, 7) is 4.13. The summed E-state index contributed by atoms with van der Waals surface area (Å²) in [7, 11) is -1.56. The number of likely N-dealkylation sites (N-methyl/N-ethyl adjacent to an activating group) is 1. The van der Waals surface area contributed by atoms with Crippen molar-refractivity contribution in [2.75, 3.05) is 26.8 Å². The van der Waals surface area contributed by atoms with Crippen LogP contribution in [-0.2, 0) is 21.2 Å². The smallest absolute Gasteiger partial charge is 0.240 e. The van der Waals surface area contributed by atoms with Gasteiger partial charge in [-0.25, -0.2) is 13.1 Å². The maximum Gasteiger partial charge on any atom is 0.240 e. The first kappa shape index (κ1) is 16.4. The maximum atomic E-state index is 12.4. The predicted octanol–water partition coefficient (Wildman–Crippen LogP) is 1.15. The Morgan fingerprint density at radius 3 is 2.62 bits per heavy atom. The third-order valence-electron chi connectivity index (χ3n) is 3.91. The standard InChI is InChI=1S/C15H24N2O3S/c1-12(14-8-10-20-11-14)17-21(18,19)15-5-3-13(4-6-15)7-9-16-2/h3-6,12,14,16-17H,7-11H2,1-2H3. The molecule has 1 fully saturated rings. The van der Waals surface area contributed by atoms with E-state index in [1.54, 1.807) is 12.1 Å². The minimum Gasteiger partial charge on any atom is -0.381 e.